The van der Waals surface area contributed by atoms with E-state index in [0.717, 1.165) is 34.8 Å². The van der Waals surface area contributed by atoms with Gasteiger partial charge >= 0.3 is 0 Å². The van der Waals surface area contributed by atoms with Gasteiger partial charge in [0.1, 0.15) is 5.78 Å². The van der Waals surface area contributed by atoms with Crippen LogP contribution in [-0.4, -0.2) is 16.3 Å². The molecule has 0 saturated heterocycles. The summed E-state index contributed by atoms with van der Waals surface area (Å²) in [5, 5.41) is 1.79. The van der Waals surface area contributed by atoms with E-state index in [1.807, 2.05) is 0 Å². The Hall–Kier alpha value is -1.19. The predicted octanol–water partition coefficient (Wildman–Crippen LogP) is 7.39. The number of thioether (sulfide) groups is 2. The Morgan fingerprint density at radius 3 is 1.33 bits per heavy atom. The third-order valence-corrected chi connectivity index (χ3v) is 9.39. The van der Waals surface area contributed by atoms with Crippen LogP contribution in [0.2, 0.25) is 0 Å². The zero-order valence-electron chi connectivity index (χ0n) is 18.0. The Morgan fingerprint density at radius 1 is 0.633 bits per heavy atom. The van der Waals surface area contributed by atoms with Crippen molar-refractivity contribution in [3.05, 3.63) is 70.8 Å². The molecule has 2 aliphatic carbocycles. The van der Waals surface area contributed by atoms with Crippen molar-refractivity contribution in [3.63, 3.8) is 0 Å². The van der Waals surface area contributed by atoms with Crippen molar-refractivity contribution in [1.29, 1.82) is 0 Å². The van der Waals surface area contributed by atoms with Crippen LogP contribution in [0.15, 0.2) is 48.5 Å². The van der Waals surface area contributed by atoms with Crippen molar-refractivity contribution < 1.29 is 4.79 Å². The minimum Gasteiger partial charge on any atom is -0.300 e. The first-order valence-electron chi connectivity index (χ1n) is 11.6. The molecule has 0 radical (unpaired) electrons. The molecule has 2 fully saturated rings. The first-order chi connectivity index (χ1) is 14.7. The molecule has 0 spiro atoms. The van der Waals surface area contributed by atoms with Crippen LogP contribution in [-0.2, 0) is 29.1 Å². The SMILES string of the molecule is O=C(CCc1ccc(CSC2CCC2)cc1)CCc1ccc(CSC2CCC2)cc1. The predicted molar refractivity (Wildman–Crippen MR) is 132 cm³/mol. The third kappa shape index (κ3) is 6.92. The smallest absolute Gasteiger partial charge is 0.133 e. The summed E-state index contributed by atoms with van der Waals surface area (Å²) in [7, 11) is 0. The van der Waals surface area contributed by atoms with Gasteiger partial charge in [-0.1, -0.05) is 61.4 Å². The molecule has 2 aromatic carbocycles. The van der Waals surface area contributed by atoms with Crippen molar-refractivity contribution in [2.45, 2.75) is 86.2 Å². The van der Waals surface area contributed by atoms with Gasteiger partial charge in [-0.2, -0.15) is 23.5 Å². The molecular formula is C27H34OS2. The van der Waals surface area contributed by atoms with Crippen molar-refractivity contribution in [2.24, 2.45) is 0 Å². The fourth-order valence-electron chi connectivity index (χ4n) is 3.80. The number of rotatable bonds is 12. The summed E-state index contributed by atoms with van der Waals surface area (Å²) in [6.45, 7) is 0. The van der Waals surface area contributed by atoms with Crippen molar-refractivity contribution in [2.75, 3.05) is 0 Å². The van der Waals surface area contributed by atoms with Gasteiger partial charge in [0.2, 0.25) is 0 Å². The molecule has 160 valence electrons. The van der Waals surface area contributed by atoms with E-state index in [9.17, 15) is 4.79 Å². The molecule has 0 atom stereocenters. The van der Waals surface area contributed by atoms with Crippen LogP contribution in [0.25, 0.3) is 0 Å². The van der Waals surface area contributed by atoms with Gasteiger partial charge in [-0.15, -0.1) is 0 Å². The van der Waals surface area contributed by atoms with E-state index in [1.165, 1.54) is 60.8 Å². The summed E-state index contributed by atoms with van der Waals surface area (Å²) in [6, 6.07) is 17.8. The number of ketones is 1. The van der Waals surface area contributed by atoms with Crippen LogP contribution >= 0.6 is 23.5 Å². The molecule has 3 heteroatoms. The van der Waals surface area contributed by atoms with E-state index in [1.54, 1.807) is 0 Å². The number of benzene rings is 2. The van der Waals surface area contributed by atoms with E-state index in [-0.39, 0.29) is 0 Å². The summed E-state index contributed by atoms with van der Waals surface area (Å²) in [4.78, 5) is 12.4. The lowest BCUT2D eigenvalue weighted by atomic mass is 10.00. The topological polar surface area (TPSA) is 17.1 Å². The van der Waals surface area contributed by atoms with Crippen LogP contribution in [0.5, 0.6) is 0 Å². The zero-order valence-corrected chi connectivity index (χ0v) is 19.6. The summed E-state index contributed by atoms with van der Waals surface area (Å²) < 4.78 is 0. The lowest BCUT2D eigenvalue weighted by molar-refractivity contribution is -0.119. The van der Waals surface area contributed by atoms with E-state index in [0.29, 0.717) is 18.6 Å². The first-order valence-corrected chi connectivity index (χ1v) is 13.7. The van der Waals surface area contributed by atoms with Gasteiger partial charge in [-0.3, -0.25) is 4.79 Å². The molecule has 1 nitrogen and oxygen atoms in total. The summed E-state index contributed by atoms with van der Waals surface area (Å²) in [5.41, 5.74) is 5.40. The Balaban J connectivity index is 1.12. The van der Waals surface area contributed by atoms with Crippen LogP contribution in [0.4, 0.5) is 0 Å². The second-order valence-corrected chi connectivity index (χ2v) is 11.5. The molecule has 0 unspecified atom stereocenters. The van der Waals surface area contributed by atoms with Crippen molar-refractivity contribution in [3.8, 4) is 0 Å². The minimum absolute atomic E-state index is 0.379. The van der Waals surface area contributed by atoms with Crippen LogP contribution < -0.4 is 0 Å². The number of aryl methyl sites for hydroxylation is 2. The van der Waals surface area contributed by atoms with Gasteiger partial charge in [-0.05, 0) is 60.8 Å². The van der Waals surface area contributed by atoms with E-state index >= 15 is 0 Å². The van der Waals surface area contributed by atoms with Crippen molar-refractivity contribution >= 4 is 29.3 Å². The maximum atomic E-state index is 12.4. The summed E-state index contributed by atoms with van der Waals surface area (Å²) in [5.74, 6) is 2.63. The van der Waals surface area contributed by atoms with Crippen molar-refractivity contribution in [1.82, 2.24) is 0 Å². The van der Waals surface area contributed by atoms with Crippen LogP contribution in [0, 0.1) is 0 Å². The number of hydrogen-bond donors (Lipinski definition) is 0. The molecule has 30 heavy (non-hydrogen) atoms. The largest absolute Gasteiger partial charge is 0.300 e. The number of carbonyl (C=O) groups is 1. The molecule has 2 aliphatic rings. The average Bonchev–Trinajstić information content (AvgIpc) is 2.70. The van der Waals surface area contributed by atoms with Gasteiger partial charge in [0.25, 0.3) is 0 Å². The standard InChI is InChI=1S/C27H34OS2/c28-25(17-15-21-7-11-23(12-8-21)19-29-26-3-1-4-26)18-16-22-9-13-24(14-10-22)20-30-27-5-2-6-27/h7-14,26-27H,1-6,15-20H2. The molecule has 0 bridgehead atoms. The highest BCUT2D eigenvalue weighted by Gasteiger charge is 2.18. The normalized spacial score (nSPS) is 16.8. The van der Waals surface area contributed by atoms with E-state index in [2.05, 4.69) is 72.1 Å². The summed E-state index contributed by atoms with van der Waals surface area (Å²) >= 11 is 4.20. The van der Waals surface area contributed by atoms with Gasteiger partial charge in [0.15, 0.2) is 0 Å². The van der Waals surface area contributed by atoms with Gasteiger partial charge < -0.3 is 0 Å². The molecule has 0 aromatic heterocycles. The Morgan fingerprint density at radius 2 is 1.00 bits per heavy atom. The lowest BCUT2D eigenvalue weighted by Gasteiger charge is -2.24. The second-order valence-electron chi connectivity index (χ2n) is 8.90. The van der Waals surface area contributed by atoms with Crippen LogP contribution in [0.1, 0.15) is 73.6 Å². The molecule has 2 saturated carbocycles. The first kappa shape index (κ1) is 22.0. The lowest BCUT2D eigenvalue weighted by Crippen LogP contribution is -2.13. The van der Waals surface area contributed by atoms with E-state index < -0.39 is 0 Å². The summed E-state index contributed by atoms with van der Waals surface area (Å²) in [6.07, 6.45) is 11.5. The quantitative estimate of drug-likeness (QED) is 0.344. The molecule has 0 aliphatic heterocycles. The monoisotopic (exact) mass is 438 g/mol. The number of Topliss-reactive ketones (excluding diaryl/α,β-unsaturated/α-hetero) is 1. The number of carbonyl (C=O) groups excluding carboxylic acids is 1. The highest BCUT2D eigenvalue weighted by molar-refractivity contribution is 7.99. The fraction of sp³-hybridized carbons (Fsp3) is 0.519. The minimum atomic E-state index is 0.379. The number of hydrogen-bond acceptors (Lipinski definition) is 3. The maximum Gasteiger partial charge on any atom is 0.133 e. The highest BCUT2D eigenvalue weighted by atomic mass is 32.2. The molecule has 4 rings (SSSR count). The Labute approximate surface area is 190 Å². The Bertz CT molecular complexity index is 721. The molecule has 0 amide bonds. The maximum absolute atomic E-state index is 12.4. The fourth-order valence-corrected chi connectivity index (χ4v) is 6.37. The zero-order chi connectivity index (χ0) is 20.6. The molecule has 2 aromatic rings. The molecule has 0 heterocycles. The van der Waals surface area contributed by atoms with E-state index in [4.69, 9.17) is 0 Å². The van der Waals surface area contributed by atoms with Gasteiger partial charge in [0, 0.05) is 34.8 Å². The average molecular weight is 439 g/mol. The highest BCUT2D eigenvalue weighted by Crippen LogP contribution is 2.34. The second kappa shape index (κ2) is 11.4. The van der Waals surface area contributed by atoms with Gasteiger partial charge in [-0.25, -0.2) is 0 Å². The van der Waals surface area contributed by atoms with Gasteiger partial charge in [0.05, 0.1) is 0 Å². The molecule has 0 N–H and O–H groups in total. The Kier molecular flexibility index (Phi) is 8.39. The van der Waals surface area contributed by atoms with Crippen LogP contribution in [0.3, 0.4) is 0 Å². The molecular weight excluding hydrogens is 404 g/mol. The third-order valence-electron chi connectivity index (χ3n) is 6.51.